The van der Waals surface area contributed by atoms with Crippen LogP contribution in [0.4, 0.5) is 0 Å². The average Bonchev–Trinajstić information content (AvgIpc) is 2.81. The van der Waals surface area contributed by atoms with Crippen LogP contribution in [0.15, 0.2) is 42.7 Å². The molecule has 0 aliphatic rings. The second kappa shape index (κ2) is 3.89. The highest BCUT2D eigenvalue weighted by Gasteiger charge is 2.04. The van der Waals surface area contributed by atoms with Crippen LogP contribution in [0.25, 0.3) is 5.69 Å². The van der Waals surface area contributed by atoms with E-state index in [1.54, 1.807) is 19.2 Å². The lowest BCUT2D eigenvalue weighted by Crippen LogP contribution is -1.95. The smallest absolute Gasteiger partial charge is 0.144 e. The predicted octanol–water partition coefficient (Wildman–Crippen LogP) is 2.36. The van der Waals surface area contributed by atoms with Gasteiger partial charge in [0.05, 0.1) is 24.4 Å². The predicted molar refractivity (Wildman–Crippen MR) is 57.0 cm³/mol. The topological polar surface area (TPSA) is 37.9 Å². The maximum Gasteiger partial charge on any atom is 0.144 e. The molecule has 0 spiro atoms. The minimum atomic E-state index is 0.600. The van der Waals surface area contributed by atoms with Gasteiger partial charge in [-0.1, -0.05) is 0 Å². The van der Waals surface area contributed by atoms with Gasteiger partial charge in [-0.2, -0.15) is 5.26 Å². The number of ether oxygens (including phenoxy) is 1. The number of hydrogen-bond donors (Lipinski definition) is 0. The van der Waals surface area contributed by atoms with E-state index in [1.165, 1.54) is 0 Å². The van der Waals surface area contributed by atoms with E-state index in [1.807, 2.05) is 35.2 Å². The third kappa shape index (κ3) is 1.70. The molecule has 0 aliphatic carbocycles. The van der Waals surface area contributed by atoms with Crippen molar-refractivity contribution in [1.82, 2.24) is 4.57 Å². The van der Waals surface area contributed by atoms with Crippen LogP contribution in [0, 0.1) is 11.3 Å². The zero-order chi connectivity index (χ0) is 10.7. The van der Waals surface area contributed by atoms with Gasteiger partial charge < -0.3 is 9.30 Å². The van der Waals surface area contributed by atoms with Gasteiger partial charge in [0, 0.05) is 18.5 Å². The van der Waals surface area contributed by atoms with E-state index in [9.17, 15) is 0 Å². The molecule has 1 aromatic heterocycles. The molecule has 0 aliphatic heterocycles. The van der Waals surface area contributed by atoms with Crippen molar-refractivity contribution in [2.75, 3.05) is 7.11 Å². The van der Waals surface area contributed by atoms with Crippen LogP contribution in [-0.4, -0.2) is 11.7 Å². The maximum absolute atomic E-state index is 8.77. The van der Waals surface area contributed by atoms with Gasteiger partial charge in [-0.25, -0.2) is 0 Å². The normalized spacial score (nSPS) is 9.60. The van der Waals surface area contributed by atoms with Gasteiger partial charge in [0.15, 0.2) is 0 Å². The first kappa shape index (κ1) is 9.35. The fraction of sp³-hybridized carbons (Fsp3) is 0.0833. The van der Waals surface area contributed by atoms with Crippen LogP contribution >= 0.6 is 0 Å². The summed E-state index contributed by atoms with van der Waals surface area (Å²) in [6.45, 7) is 0. The van der Waals surface area contributed by atoms with Gasteiger partial charge in [0.2, 0.25) is 0 Å². The number of nitriles is 1. The van der Waals surface area contributed by atoms with Gasteiger partial charge in [-0.05, 0) is 24.3 Å². The molecule has 3 heteroatoms. The molecule has 0 atom stereocenters. The molecular formula is C12H10N2O. The van der Waals surface area contributed by atoms with Crippen molar-refractivity contribution in [3.63, 3.8) is 0 Å². The summed E-state index contributed by atoms with van der Waals surface area (Å²) in [5, 5.41) is 8.77. The monoisotopic (exact) mass is 198 g/mol. The minimum Gasteiger partial charge on any atom is -0.495 e. The van der Waals surface area contributed by atoms with Crippen LogP contribution in [0.1, 0.15) is 5.56 Å². The van der Waals surface area contributed by atoms with E-state index in [0.717, 1.165) is 5.69 Å². The molecule has 0 fully saturated rings. The average molecular weight is 198 g/mol. The SMILES string of the molecule is COc1cc(C#N)ccc1-n1cccc1. The van der Waals surface area contributed by atoms with Gasteiger partial charge in [0.25, 0.3) is 0 Å². The first-order chi connectivity index (χ1) is 7.35. The summed E-state index contributed by atoms with van der Waals surface area (Å²) >= 11 is 0. The Balaban J connectivity index is 2.54. The zero-order valence-electron chi connectivity index (χ0n) is 8.34. The third-order valence-electron chi connectivity index (χ3n) is 2.19. The Bertz CT molecular complexity index is 495. The second-order valence-electron chi connectivity index (χ2n) is 3.09. The highest BCUT2D eigenvalue weighted by Crippen LogP contribution is 2.23. The molecular weight excluding hydrogens is 188 g/mol. The summed E-state index contributed by atoms with van der Waals surface area (Å²) in [5.41, 5.74) is 1.53. The summed E-state index contributed by atoms with van der Waals surface area (Å²) in [5.74, 6) is 0.699. The summed E-state index contributed by atoms with van der Waals surface area (Å²) < 4.78 is 7.18. The summed E-state index contributed by atoms with van der Waals surface area (Å²) in [7, 11) is 1.60. The third-order valence-corrected chi connectivity index (χ3v) is 2.19. The van der Waals surface area contributed by atoms with Crippen LogP contribution in [0.3, 0.4) is 0 Å². The highest BCUT2D eigenvalue weighted by molar-refractivity contribution is 5.51. The summed E-state index contributed by atoms with van der Waals surface area (Å²) in [6, 6.07) is 11.3. The Morgan fingerprint density at radius 1 is 1.27 bits per heavy atom. The number of hydrogen-bond acceptors (Lipinski definition) is 2. The van der Waals surface area contributed by atoms with Crippen molar-refractivity contribution >= 4 is 0 Å². The molecule has 15 heavy (non-hydrogen) atoms. The number of methoxy groups -OCH3 is 1. The van der Waals surface area contributed by atoms with Gasteiger partial charge in [-0.3, -0.25) is 0 Å². The van der Waals surface area contributed by atoms with Crippen molar-refractivity contribution in [2.45, 2.75) is 0 Å². The fourth-order valence-electron chi connectivity index (χ4n) is 1.46. The Hall–Kier alpha value is -2.21. The quantitative estimate of drug-likeness (QED) is 0.742. The van der Waals surface area contributed by atoms with Gasteiger partial charge in [-0.15, -0.1) is 0 Å². The Kier molecular flexibility index (Phi) is 2.42. The van der Waals surface area contributed by atoms with Crippen LogP contribution in [-0.2, 0) is 0 Å². The Morgan fingerprint density at radius 2 is 2.00 bits per heavy atom. The molecule has 0 radical (unpaired) electrons. The largest absolute Gasteiger partial charge is 0.495 e. The molecule has 2 rings (SSSR count). The van der Waals surface area contributed by atoms with E-state index in [2.05, 4.69) is 6.07 Å². The molecule has 74 valence electrons. The second-order valence-corrected chi connectivity index (χ2v) is 3.09. The number of nitrogens with zero attached hydrogens (tertiary/aromatic N) is 2. The van der Waals surface area contributed by atoms with Gasteiger partial charge >= 0.3 is 0 Å². The Labute approximate surface area is 88.1 Å². The van der Waals surface area contributed by atoms with Gasteiger partial charge in [0.1, 0.15) is 5.75 Å². The molecule has 1 aromatic carbocycles. The molecule has 3 nitrogen and oxygen atoms in total. The first-order valence-corrected chi connectivity index (χ1v) is 4.56. The zero-order valence-corrected chi connectivity index (χ0v) is 8.34. The number of rotatable bonds is 2. The van der Waals surface area contributed by atoms with Crippen molar-refractivity contribution in [3.8, 4) is 17.5 Å². The maximum atomic E-state index is 8.77. The van der Waals surface area contributed by atoms with Crippen molar-refractivity contribution in [2.24, 2.45) is 0 Å². The fourth-order valence-corrected chi connectivity index (χ4v) is 1.46. The lowest BCUT2D eigenvalue weighted by Gasteiger charge is -2.09. The van der Waals surface area contributed by atoms with E-state index in [-0.39, 0.29) is 0 Å². The van der Waals surface area contributed by atoms with Crippen LogP contribution < -0.4 is 4.74 Å². The Morgan fingerprint density at radius 3 is 2.60 bits per heavy atom. The van der Waals surface area contributed by atoms with E-state index in [0.29, 0.717) is 11.3 Å². The molecule has 0 saturated heterocycles. The first-order valence-electron chi connectivity index (χ1n) is 4.56. The number of aromatic nitrogens is 1. The minimum absolute atomic E-state index is 0.600. The standard InChI is InChI=1S/C12H10N2O/c1-15-12-8-10(9-13)4-5-11(12)14-6-2-3-7-14/h2-8H,1H3. The molecule has 1 heterocycles. The number of benzene rings is 1. The van der Waals surface area contributed by atoms with Crippen LogP contribution in [0.5, 0.6) is 5.75 Å². The molecule has 0 N–H and O–H groups in total. The van der Waals surface area contributed by atoms with Crippen molar-refractivity contribution in [3.05, 3.63) is 48.3 Å². The highest BCUT2D eigenvalue weighted by atomic mass is 16.5. The van der Waals surface area contributed by atoms with E-state index in [4.69, 9.17) is 10.00 Å². The summed E-state index contributed by atoms with van der Waals surface area (Å²) in [4.78, 5) is 0. The molecule has 0 unspecified atom stereocenters. The van der Waals surface area contributed by atoms with Crippen LogP contribution in [0.2, 0.25) is 0 Å². The summed E-state index contributed by atoms with van der Waals surface area (Å²) in [6.07, 6.45) is 3.87. The van der Waals surface area contributed by atoms with E-state index >= 15 is 0 Å². The lowest BCUT2D eigenvalue weighted by atomic mass is 10.2. The molecule has 0 amide bonds. The van der Waals surface area contributed by atoms with Crippen molar-refractivity contribution in [1.29, 1.82) is 5.26 Å². The molecule has 0 bridgehead atoms. The molecule has 0 saturated carbocycles. The molecule has 2 aromatic rings. The van der Waals surface area contributed by atoms with Crippen molar-refractivity contribution < 1.29 is 4.74 Å². The lowest BCUT2D eigenvalue weighted by molar-refractivity contribution is 0.413. The van der Waals surface area contributed by atoms with E-state index < -0.39 is 0 Å².